The first-order valence-corrected chi connectivity index (χ1v) is 9.76. The van der Waals surface area contributed by atoms with Gasteiger partial charge in [0, 0.05) is 26.1 Å². The quantitative estimate of drug-likeness (QED) is 0.663. The van der Waals surface area contributed by atoms with Crippen LogP contribution in [0.3, 0.4) is 0 Å². The molecule has 1 aliphatic heterocycles. The molecular formula is C23H27N3O3. The lowest BCUT2D eigenvalue weighted by atomic mass is 10.2. The predicted molar refractivity (Wildman–Crippen MR) is 115 cm³/mol. The van der Waals surface area contributed by atoms with Crippen LogP contribution in [0.25, 0.3) is 0 Å². The Morgan fingerprint density at radius 3 is 2.66 bits per heavy atom. The van der Waals surface area contributed by atoms with Crippen molar-refractivity contribution in [2.75, 3.05) is 37.0 Å². The molecule has 0 unspecified atom stereocenters. The van der Waals surface area contributed by atoms with E-state index in [1.807, 2.05) is 53.4 Å². The molecule has 2 aromatic carbocycles. The average molecular weight is 393 g/mol. The van der Waals surface area contributed by atoms with Crippen molar-refractivity contribution in [1.29, 1.82) is 0 Å². The highest BCUT2D eigenvalue weighted by Gasteiger charge is 2.24. The van der Waals surface area contributed by atoms with Gasteiger partial charge < -0.3 is 15.0 Å². The van der Waals surface area contributed by atoms with Crippen LogP contribution in [-0.2, 0) is 16.1 Å². The van der Waals surface area contributed by atoms with Gasteiger partial charge in [-0.1, -0.05) is 30.3 Å². The van der Waals surface area contributed by atoms with Crippen LogP contribution in [0.2, 0.25) is 0 Å². The molecule has 29 heavy (non-hydrogen) atoms. The summed E-state index contributed by atoms with van der Waals surface area (Å²) in [6.45, 7) is 5.92. The molecule has 6 heteroatoms. The summed E-state index contributed by atoms with van der Waals surface area (Å²) in [4.78, 5) is 28.6. The third-order valence-electron chi connectivity index (χ3n) is 4.86. The molecule has 0 saturated carbocycles. The van der Waals surface area contributed by atoms with E-state index in [4.69, 9.17) is 4.74 Å². The maximum Gasteiger partial charge on any atom is 0.238 e. The monoisotopic (exact) mass is 393 g/mol. The minimum absolute atomic E-state index is 0.0967. The Labute approximate surface area is 171 Å². The van der Waals surface area contributed by atoms with E-state index in [-0.39, 0.29) is 18.4 Å². The summed E-state index contributed by atoms with van der Waals surface area (Å²) >= 11 is 0. The van der Waals surface area contributed by atoms with E-state index in [9.17, 15) is 9.59 Å². The van der Waals surface area contributed by atoms with E-state index in [1.165, 1.54) is 0 Å². The Hall–Kier alpha value is -3.12. The maximum absolute atomic E-state index is 12.7. The SMILES string of the molecule is C=CCN(CC(=O)Nc1ccccc1N1CCCC1=O)Cc1ccc(OC)cc1. The molecule has 0 aliphatic carbocycles. The van der Waals surface area contributed by atoms with Crippen molar-refractivity contribution in [2.45, 2.75) is 19.4 Å². The van der Waals surface area contributed by atoms with Crippen LogP contribution in [0.4, 0.5) is 11.4 Å². The van der Waals surface area contributed by atoms with Crippen LogP contribution in [0.5, 0.6) is 5.75 Å². The number of hydrogen-bond acceptors (Lipinski definition) is 4. The average Bonchev–Trinajstić information content (AvgIpc) is 3.15. The molecule has 152 valence electrons. The van der Waals surface area contributed by atoms with Crippen LogP contribution in [-0.4, -0.2) is 43.5 Å². The molecule has 1 N–H and O–H groups in total. The van der Waals surface area contributed by atoms with Crippen molar-refractivity contribution in [3.8, 4) is 5.75 Å². The second-order valence-corrected chi connectivity index (χ2v) is 7.02. The summed E-state index contributed by atoms with van der Waals surface area (Å²) in [6.07, 6.45) is 3.18. The van der Waals surface area contributed by atoms with Crippen LogP contribution in [0.15, 0.2) is 61.2 Å². The molecule has 0 spiro atoms. The Bertz CT molecular complexity index is 864. The second-order valence-electron chi connectivity index (χ2n) is 7.02. The number of anilines is 2. The lowest BCUT2D eigenvalue weighted by Crippen LogP contribution is -2.33. The molecule has 1 heterocycles. The van der Waals surface area contributed by atoms with Crippen molar-refractivity contribution in [2.24, 2.45) is 0 Å². The highest BCUT2D eigenvalue weighted by molar-refractivity contribution is 6.02. The van der Waals surface area contributed by atoms with Crippen molar-refractivity contribution >= 4 is 23.2 Å². The van der Waals surface area contributed by atoms with Gasteiger partial charge in [-0.05, 0) is 36.2 Å². The van der Waals surface area contributed by atoms with E-state index in [0.29, 0.717) is 31.7 Å². The highest BCUT2D eigenvalue weighted by atomic mass is 16.5. The molecule has 1 aliphatic rings. The molecule has 2 amide bonds. The first-order valence-electron chi connectivity index (χ1n) is 9.76. The van der Waals surface area contributed by atoms with Gasteiger partial charge in [-0.25, -0.2) is 0 Å². The van der Waals surface area contributed by atoms with Crippen LogP contribution in [0, 0.1) is 0 Å². The van der Waals surface area contributed by atoms with E-state index in [0.717, 1.165) is 23.4 Å². The largest absolute Gasteiger partial charge is 0.497 e. The van der Waals surface area contributed by atoms with E-state index < -0.39 is 0 Å². The number of nitrogens with zero attached hydrogens (tertiary/aromatic N) is 2. The van der Waals surface area contributed by atoms with Gasteiger partial charge in [-0.2, -0.15) is 0 Å². The van der Waals surface area contributed by atoms with Crippen LogP contribution in [0.1, 0.15) is 18.4 Å². The Morgan fingerprint density at radius 2 is 2.00 bits per heavy atom. The van der Waals surface area contributed by atoms with Gasteiger partial charge in [0.1, 0.15) is 5.75 Å². The molecule has 0 atom stereocenters. The smallest absolute Gasteiger partial charge is 0.238 e. The van der Waals surface area contributed by atoms with Gasteiger partial charge in [0.2, 0.25) is 11.8 Å². The second kappa shape index (κ2) is 9.89. The zero-order valence-corrected chi connectivity index (χ0v) is 16.8. The molecule has 1 saturated heterocycles. The summed E-state index contributed by atoms with van der Waals surface area (Å²) in [5, 5.41) is 2.97. The summed E-state index contributed by atoms with van der Waals surface area (Å²) in [5.41, 5.74) is 2.51. The molecule has 6 nitrogen and oxygen atoms in total. The Balaban J connectivity index is 1.66. The normalized spacial score (nSPS) is 13.6. The molecular weight excluding hydrogens is 366 g/mol. The van der Waals surface area contributed by atoms with Gasteiger partial charge in [-0.15, -0.1) is 6.58 Å². The molecule has 3 rings (SSSR count). The zero-order chi connectivity index (χ0) is 20.6. The minimum Gasteiger partial charge on any atom is -0.497 e. The summed E-state index contributed by atoms with van der Waals surface area (Å²) in [6, 6.07) is 15.2. The van der Waals surface area contributed by atoms with Crippen molar-refractivity contribution in [1.82, 2.24) is 4.90 Å². The standard InChI is InChI=1S/C23H27N3O3/c1-3-14-25(16-18-10-12-19(29-2)13-11-18)17-22(27)24-20-7-4-5-8-21(20)26-15-6-9-23(26)28/h3-5,7-8,10-13H,1,6,9,14-17H2,2H3,(H,24,27). The zero-order valence-electron chi connectivity index (χ0n) is 16.8. The van der Waals surface area contributed by atoms with Gasteiger partial charge in [0.25, 0.3) is 0 Å². The third-order valence-corrected chi connectivity index (χ3v) is 4.86. The number of ether oxygens (including phenoxy) is 1. The predicted octanol–water partition coefficient (Wildman–Crippen LogP) is 3.45. The fourth-order valence-corrected chi connectivity index (χ4v) is 3.47. The number of carbonyl (C=O) groups excluding carboxylic acids is 2. The van der Waals surface area contributed by atoms with Gasteiger partial charge >= 0.3 is 0 Å². The van der Waals surface area contributed by atoms with Crippen LogP contribution < -0.4 is 15.0 Å². The van der Waals surface area contributed by atoms with E-state index >= 15 is 0 Å². The number of para-hydroxylation sites is 2. The van der Waals surface area contributed by atoms with Crippen molar-refractivity contribution in [3.05, 3.63) is 66.7 Å². The fourth-order valence-electron chi connectivity index (χ4n) is 3.47. The van der Waals surface area contributed by atoms with E-state index in [2.05, 4.69) is 11.9 Å². The summed E-state index contributed by atoms with van der Waals surface area (Å²) < 4.78 is 5.19. The van der Waals surface area contributed by atoms with Crippen LogP contribution >= 0.6 is 0 Å². The van der Waals surface area contributed by atoms with Gasteiger partial charge in [-0.3, -0.25) is 14.5 Å². The molecule has 2 aromatic rings. The number of hydrogen-bond donors (Lipinski definition) is 1. The number of nitrogens with one attached hydrogen (secondary N) is 1. The summed E-state index contributed by atoms with van der Waals surface area (Å²) in [7, 11) is 1.64. The Morgan fingerprint density at radius 1 is 1.24 bits per heavy atom. The number of carbonyl (C=O) groups is 2. The first kappa shape index (κ1) is 20.6. The number of rotatable bonds is 9. The van der Waals surface area contributed by atoms with Crippen molar-refractivity contribution in [3.63, 3.8) is 0 Å². The maximum atomic E-state index is 12.7. The summed E-state index contributed by atoms with van der Waals surface area (Å²) in [5.74, 6) is 0.772. The third kappa shape index (κ3) is 5.45. The fraction of sp³-hybridized carbons (Fsp3) is 0.304. The molecule has 0 aromatic heterocycles. The molecule has 1 fully saturated rings. The first-order chi connectivity index (χ1) is 14.1. The van der Waals surface area contributed by atoms with Gasteiger partial charge in [0.15, 0.2) is 0 Å². The van der Waals surface area contributed by atoms with E-state index in [1.54, 1.807) is 18.1 Å². The highest BCUT2D eigenvalue weighted by Crippen LogP contribution is 2.29. The van der Waals surface area contributed by atoms with Gasteiger partial charge in [0.05, 0.1) is 25.0 Å². The molecule has 0 radical (unpaired) electrons. The molecule has 0 bridgehead atoms. The number of methoxy groups -OCH3 is 1. The topological polar surface area (TPSA) is 61.9 Å². The lowest BCUT2D eigenvalue weighted by molar-refractivity contribution is -0.118. The lowest BCUT2D eigenvalue weighted by Gasteiger charge is -2.23. The number of amides is 2. The Kier molecular flexibility index (Phi) is 7.03. The van der Waals surface area contributed by atoms with Crippen molar-refractivity contribution < 1.29 is 14.3 Å². The minimum atomic E-state index is -0.126. The number of benzene rings is 2.